The number of nitrogens with zero attached hydrogens (tertiary/aromatic N) is 3. The van der Waals surface area contributed by atoms with Gasteiger partial charge in [0.2, 0.25) is 0 Å². The van der Waals surface area contributed by atoms with Crippen molar-refractivity contribution in [3.05, 3.63) is 91.7 Å². The fraction of sp³-hybridized carbons (Fsp3) is 0.185. The van der Waals surface area contributed by atoms with Crippen LogP contribution < -0.4 is 20.3 Å². The number of fused-ring (bicyclic) bond motifs is 1. The van der Waals surface area contributed by atoms with Gasteiger partial charge in [0.15, 0.2) is 18.1 Å². The molecular weight excluding hydrogens is 579 g/mol. The highest BCUT2D eigenvalue weighted by Crippen LogP contribution is 2.36. The number of halogens is 3. The third kappa shape index (κ3) is 6.38. The summed E-state index contributed by atoms with van der Waals surface area (Å²) in [7, 11) is 0. The Balaban J connectivity index is 1.59. The van der Waals surface area contributed by atoms with E-state index in [1.165, 1.54) is 29.1 Å². The molecule has 4 aromatic rings. The van der Waals surface area contributed by atoms with Gasteiger partial charge in [0, 0.05) is 16.6 Å². The maximum absolute atomic E-state index is 13.4. The number of rotatable bonds is 9. The zero-order chi connectivity index (χ0) is 27.2. The minimum absolute atomic E-state index is 0.170. The van der Waals surface area contributed by atoms with E-state index in [1.807, 2.05) is 13.0 Å². The van der Waals surface area contributed by atoms with Crippen LogP contribution in [0.25, 0.3) is 10.9 Å². The van der Waals surface area contributed by atoms with E-state index in [2.05, 4.69) is 31.3 Å². The number of anilines is 1. The van der Waals surface area contributed by atoms with Crippen molar-refractivity contribution in [2.45, 2.75) is 20.3 Å². The molecule has 196 valence electrons. The van der Waals surface area contributed by atoms with Gasteiger partial charge in [-0.2, -0.15) is 9.78 Å². The maximum atomic E-state index is 13.4. The molecule has 0 fully saturated rings. The van der Waals surface area contributed by atoms with Crippen molar-refractivity contribution in [2.24, 2.45) is 5.10 Å². The van der Waals surface area contributed by atoms with Crippen LogP contribution in [0.5, 0.6) is 11.5 Å². The average molecular weight is 602 g/mol. The van der Waals surface area contributed by atoms with E-state index < -0.39 is 11.7 Å². The molecule has 8 nitrogen and oxygen atoms in total. The van der Waals surface area contributed by atoms with Crippen molar-refractivity contribution in [2.75, 3.05) is 18.5 Å². The Morgan fingerprint density at radius 3 is 2.74 bits per heavy atom. The number of nitrogens with one attached hydrogen (secondary N) is 1. The molecule has 0 saturated carbocycles. The van der Waals surface area contributed by atoms with Crippen molar-refractivity contribution in [1.29, 1.82) is 0 Å². The number of carbonyl (C=O) groups is 1. The molecule has 0 aliphatic heterocycles. The van der Waals surface area contributed by atoms with E-state index in [4.69, 9.17) is 21.1 Å². The smallest absolute Gasteiger partial charge is 0.282 e. The molecule has 0 spiro atoms. The lowest BCUT2D eigenvalue weighted by Crippen LogP contribution is -2.22. The molecule has 1 aromatic heterocycles. The molecule has 38 heavy (non-hydrogen) atoms. The number of amides is 1. The summed E-state index contributed by atoms with van der Waals surface area (Å²) in [5.74, 6) is -0.00114. The van der Waals surface area contributed by atoms with Gasteiger partial charge in [-0.25, -0.2) is 9.37 Å². The maximum Gasteiger partial charge on any atom is 0.282 e. The Morgan fingerprint density at radius 2 is 2.00 bits per heavy atom. The van der Waals surface area contributed by atoms with E-state index in [0.29, 0.717) is 46.8 Å². The van der Waals surface area contributed by atoms with E-state index in [9.17, 15) is 14.0 Å². The summed E-state index contributed by atoms with van der Waals surface area (Å²) < 4.78 is 26.7. The summed E-state index contributed by atoms with van der Waals surface area (Å²) in [5, 5.41) is 7.55. The highest BCUT2D eigenvalue weighted by atomic mass is 79.9. The molecule has 1 N–H and O–H groups in total. The largest absolute Gasteiger partial charge is 0.490 e. The van der Waals surface area contributed by atoms with Crippen LogP contribution in [-0.4, -0.2) is 35.0 Å². The predicted molar refractivity (Wildman–Crippen MR) is 149 cm³/mol. The van der Waals surface area contributed by atoms with Gasteiger partial charge in [0.05, 0.1) is 28.7 Å². The minimum Gasteiger partial charge on any atom is -0.490 e. The summed E-state index contributed by atoms with van der Waals surface area (Å²) in [6.45, 7) is 3.61. The van der Waals surface area contributed by atoms with E-state index >= 15 is 0 Å². The molecule has 0 bridgehead atoms. The summed E-state index contributed by atoms with van der Waals surface area (Å²) in [5.41, 5.74) is 1.13. The van der Waals surface area contributed by atoms with Crippen LogP contribution in [-0.2, 0) is 11.2 Å². The molecule has 4 rings (SSSR count). The van der Waals surface area contributed by atoms with Crippen molar-refractivity contribution in [1.82, 2.24) is 9.66 Å². The summed E-state index contributed by atoms with van der Waals surface area (Å²) in [6.07, 6.45) is 1.97. The van der Waals surface area contributed by atoms with Crippen LogP contribution >= 0.6 is 27.5 Å². The Labute approximate surface area is 231 Å². The van der Waals surface area contributed by atoms with Gasteiger partial charge in [0.25, 0.3) is 11.5 Å². The monoisotopic (exact) mass is 600 g/mol. The number of ether oxygens (including phenoxy) is 2. The van der Waals surface area contributed by atoms with Crippen LogP contribution in [0.4, 0.5) is 10.1 Å². The van der Waals surface area contributed by atoms with Gasteiger partial charge < -0.3 is 14.8 Å². The molecule has 11 heteroatoms. The van der Waals surface area contributed by atoms with Crippen LogP contribution in [0.15, 0.2) is 69.0 Å². The van der Waals surface area contributed by atoms with Crippen LogP contribution in [0, 0.1) is 5.82 Å². The molecule has 0 radical (unpaired) electrons. The Morgan fingerprint density at radius 1 is 1.18 bits per heavy atom. The first kappa shape index (κ1) is 27.3. The van der Waals surface area contributed by atoms with E-state index in [-0.39, 0.29) is 22.9 Å². The van der Waals surface area contributed by atoms with Gasteiger partial charge >= 0.3 is 0 Å². The highest BCUT2D eigenvalue weighted by Gasteiger charge is 2.15. The molecule has 0 aliphatic rings. The number of hydrogen-bond donors (Lipinski definition) is 1. The lowest BCUT2D eigenvalue weighted by Gasteiger charge is -2.14. The van der Waals surface area contributed by atoms with Gasteiger partial charge in [-0.3, -0.25) is 9.59 Å². The van der Waals surface area contributed by atoms with Crippen LogP contribution in [0.2, 0.25) is 5.02 Å². The van der Waals surface area contributed by atoms with Crippen LogP contribution in [0.3, 0.4) is 0 Å². The fourth-order valence-corrected chi connectivity index (χ4v) is 4.27. The number of benzene rings is 3. The van der Waals surface area contributed by atoms with Gasteiger partial charge in [-0.05, 0) is 61.0 Å². The summed E-state index contributed by atoms with van der Waals surface area (Å²) >= 11 is 9.85. The van der Waals surface area contributed by atoms with Crippen molar-refractivity contribution < 1.29 is 18.7 Å². The second-order valence-corrected chi connectivity index (χ2v) is 9.34. The quantitative estimate of drug-likeness (QED) is 0.244. The molecule has 0 saturated heterocycles. The van der Waals surface area contributed by atoms with Crippen molar-refractivity contribution in [3.63, 3.8) is 0 Å². The fourth-order valence-electron chi connectivity index (χ4n) is 3.63. The first-order valence-electron chi connectivity index (χ1n) is 11.7. The summed E-state index contributed by atoms with van der Waals surface area (Å²) in [6, 6.07) is 14.1. The van der Waals surface area contributed by atoms with Gasteiger partial charge in [-0.15, -0.1) is 0 Å². The Hall–Kier alpha value is -3.76. The van der Waals surface area contributed by atoms with Crippen molar-refractivity contribution >= 4 is 56.2 Å². The topological polar surface area (TPSA) is 94.8 Å². The van der Waals surface area contributed by atoms with Crippen molar-refractivity contribution in [3.8, 4) is 11.5 Å². The molecule has 0 aliphatic carbocycles. The molecule has 0 unspecified atom stereocenters. The SMILES string of the molecule is CCOc1cc(C=Nn2c(CC)nc3ccc(Br)cc3c2=O)cc(Cl)c1OCC(=O)Nc1cccc(F)c1. The lowest BCUT2D eigenvalue weighted by atomic mass is 10.2. The third-order valence-electron chi connectivity index (χ3n) is 5.30. The third-order valence-corrected chi connectivity index (χ3v) is 6.08. The lowest BCUT2D eigenvalue weighted by molar-refractivity contribution is -0.118. The number of aryl methyl sites for hydroxylation is 1. The Bertz CT molecular complexity index is 1590. The minimum atomic E-state index is -0.498. The van der Waals surface area contributed by atoms with E-state index in [1.54, 1.807) is 37.3 Å². The number of hydrogen-bond acceptors (Lipinski definition) is 6. The molecular formula is C27H23BrClFN4O4. The predicted octanol–water partition coefficient (Wildman–Crippen LogP) is 5.81. The normalized spacial score (nSPS) is 11.2. The molecule has 1 heterocycles. The zero-order valence-corrected chi connectivity index (χ0v) is 22.8. The average Bonchev–Trinajstić information content (AvgIpc) is 2.88. The standard InChI is InChI=1S/C27H23BrClFN4O4/c1-3-24-33-22-9-8-17(28)12-20(22)27(36)34(24)31-14-16-10-21(29)26(23(11-16)37-4-2)38-15-25(35)32-19-7-5-6-18(30)13-19/h5-14H,3-4,15H2,1-2H3,(H,32,35). The summed E-state index contributed by atoms with van der Waals surface area (Å²) in [4.78, 5) is 30.0. The molecule has 0 atom stereocenters. The number of carbonyl (C=O) groups excluding carboxylic acids is 1. The van der Waals surface area contributed by atoms with Crippen LogP contribution in [0.1, 0.15) is 25.2 Å². The first-order chi connectivity index (χ1) is 18.3. The number of aromatic nitrogens is 2. The first-order valence-corrected chi connectivity index (χ1v) is 12.9. The van der Waals surface area contributed by atoms with Gasteiger partial charge in [0.1, 0.15) is 11.6 Å². The highest BCUT2D eigenvalue weighted by molar-refractivity contribution is 9.10. The zero-order valence-electron chi connectivity index (χ0n) is 20.5. The molecule has 1 amide bonds. The molecule has 3 aromatic carbocycles. The second kappa shape index (κ2) is 12.2. The van der Waals surface area contributed by atoms with E-state index in [0.717, 1.165) is 4.47 Å². The second-order valence-electron chi connectivity index (χ2n) is 8.01. The Kier molecular flexibility index (Phi) is 8.75. The van der Waals surface area contributed by atoms with Gasteiger partial charge in [-0.1, -0.05) is 40.5 Å².